The van der Waals surface area contributed by atoms with Gasteiger partial charge in [0.1, 0.15) is 16.3 Å². The maximum Gasteiger partial charge on any atom is 0.136 e. The summed E-state index contributed by atoms with van der Waals surface area (Å²) >= 11 is 3.33. The van der Waals surface area contributed by atoms with Crippen LogP contribution in [0.5, 0.6) is 0 Å². The van der Waals surface area contributed by atoms with E-state index in [9.17, 15) is 5.11 Å². The molecule has 1 N–H and O–H groups in total. The molecule has 1 saturated carbocycles. The van der Waals surface area contributed by atoms with Gasteiger partial charge in [0.05, 0.1) is 27.3 Å². The van der Waals surface area contributed by atoms with Gasteiger partial charge in [-0.25, -0.2) is 9.97 Å². The summed E-state index contributed by atoms with van der Waals surface area (Å²) in [6.45, 7) is 1.91. The van der Waals surface area contributed by atoms with Gasteiger partial charge in [0.25, 0.3) is 0 Å². The van der Waals surface area contributed by atoms with Gasteiger partial charge in [0.2, 0.25) is 0 Å². The highest BCUT2D eigenvalue weighted by Gasteiger charge is 2.38. The summed E-state index contributed by atoms with van der Waals surface area (Å²) < 4.78 is 5.21. The summed E-state index contributed by atoms with van der Waals surface area (Å²) in [5.74, 6) is 0.437. The maximum atomic E-state index is 10.1. The Bertz CT molecular complexity index is 1380. The Morgan fingerprint density at radius 2 is 1.70 bits per heavy atom. The van der Waals surface area contributed by atoms with Crippen molar-refractivity contribution >= 4 is 22.7 Å². The van der Waals surface area contributed by atoms with Crippen LogP contribution in [0.3, 0.4) is 0 Å². The van der Waals surface area contributed by atoms with Crippen LogP contribution in [0.2, 0.25) is 0 Å². The molecule has 1 aliphatic carbocycles. The van der Waals surface area contributed by atoms with Crippen LogP contribution in [-0.2, 0) is 0 Å². The fourth-order valence-corrected chi connectivity index (χ4v) is 6.48. The molecule has 0 aliphatic heterocycles. The van der Waals surface area contributed by atoms with Gasteiger partial charge >= 0.3 is 0 Å². The molecule has 0 radical (unpaired) electrons. The van der Waals surface area contributed by atoms with Crippen molar-refractivity contribution in [2.45, 2.75) is 31.3 Å². The predicted octanol–water partition coefficient (Wildman–Crippen LogP) is 7.49. The van der Waals surface area contributed by atoms with Crippen molar-refractivity contribution in [3.05, 3.63) is 85.0 Å². The summed E-state index contributed by atoms with van der Waals surface area (Å²) in [4.78, 5) is 11.9. The average molecular weight is 471 g/mol. The molecule has 2 aromatic carbocycles. The van der Waals surface area contributed by atoms with E-state index in [4.69, 9.17) is 9.40 Å². The third-order valence-corrected chi connectivity index (χ3v) is 8.50. The minimum atomic E-state index is -0.516. The van der Waals surface area contributed by atoms with Gasteiger partial charge in [-0.1, -0.05) is 54.6 Å². The standard InChI is InChI=1S/C27H22N2O2S2/c1-27(30)13-21(14-27)17-7-9-18(10-8-17)23-24(19-5-3-2-4-6-19)33-26(29-23)22-15-28-25(32-22)20-11-12-31-16-20/h2-12,15-16,21,30H,13-14H2,1H3. The number of nitrogens with zero attached hydrogens (tertiary/aromatic N) is 2. The molecule has 3 heterocycles. The van der Waals surface area contributed by atoms with E-state index in [-0.39, 0.29) is 0 Å². The van der Waals surface area contributed by atoms with Crippen LogP contribution >= 0.6 is 22.7 Å². The van der Waals surface area contributed by atoms with Crippen molar-refractivity contribution in [2.75, 3.05) is 0 Å². The molecule has 3 aromatic heterocycles. The molecular formula is C27H22N2O2S2. The summed E-state index contributed by atoms with van der Waals surface area (Å²) in [5.41, 5.74) is 5.01. The number of rotatable bonds is 5. The molecule has 0 amide bonds. The van der Waals surface area contributed by atoms with Crippen molar-refractivity contribution in [3.63, 3.8) is 0 Å². The first-order valence-electron chi connectivity index (χ1n) is 10.9. The summed E-state index contributed by atoms with van der Waals surface area (Å²) in [6.07, 6.45) is 6.93. The Hall–Kier alpha value is -3.06. The maximum absolute atomic E-state index is 10.1. The Morgan fingerprint density at radius 3 is 2.39 bits per heavy atom. The Balaban J connectivity index is 1.38. The number of aliphatic hydroxyl groups is 1. The minimum Gasteiger partial charge on any atom is -0.472 e. The zero-order valence-corrected chi connectivity index (χ0v) is 19.7. The number of hydrogen-bond acceptors (Lipinski definition) is 6. The van der Waals surface area contributed by atoms with E-state index in [1.165, 1.54) is 5.56 Å². The molecule has 33 heavy (non-hydrogen) atoms. The van der Waals surface area contributed by atoms with Crippen LogP contribution in [0.25, 0.3) is 42.2 Å². The zero-order valence-electron chi connectivity index (χ0n) is 18.1. The van der Waals surface area contributed by atoms with E-state index in [0.717, 1.165) is 55.0 Å². The first kappa shape index (κ1) is 20.5. The molecule has 1 fully saturated rings. The lowest BCUT2D eigenvalue weighted by atomic mass is 9.69. The van der Waals surface area contributed by atoms with E-state index in [0.29, 0.717) is 5.92 Å². The van der Waals surface area contributed by atoms with E-state index in [2.05, 4.69) is 53.5 Å². The van der Waals surface area contributed by atoms with Gasteiger partial charge in [-0.3, -0.25) is 0 Å². The number of thiazole rings is 2. The third-order valence-electron chi connectivity index (χ3n) is 6.18. The molecule has 0 bridgehead atoms. The Labute approximate surface area is 200 Å². The minimum absolute atomic E-state index is 0.437. The Kier molecular flexibility index (Phi) is 5.02. The van der Waals surface area contributed by atoms with Crippen LogP contribution < -0.4 is 0 Å². The summed E-state index contributed by atoms with van der Waals surface area (Å²) in [6, 6.07) is 21.1. The van der Waals surface area contributed by atoms with Gasteiger partial charge in [-0.2, -0.15) is 0 Å². The molecule has 6 heteroatoms. The highest BCUT2D eigenvalue weighted by atomic mass is 32.1. The molecule has 5 aromatic rings. The van der Waals surface area contributed by atoms with Crippen molar-refractivity contribution < 1.29 is 9.52 Å². The topological polar surface area (TPSA) is 59.2 Å². The average Bonchev–Trinajstić information content (AvgIpc) is 3.58. The van der Waals surface area contributed by atoms with Gasteiger partial charge in [-0.05, 0) is 42.9 Å². The molecule has 0 saturated heterocycles. The van der Waals surface area contributed by atoms with Crippen molar-refractivity contribution in [3.8, 4) is 42.2 Å². The molecule has 1 aliphatic rings. The lowest BCUT2D eigenvalue weighted by Crippen LogP contribution is -2.39. The number of furan rings is 1. The van der Waals surface area contributed by atoms with Crippen LogP contribution in [0.1, 0.15) is 31.2 Å². The molecular weight excluding hydrogens is 448 g/mol. The normalized spacial score (nSPS) is 20.0. The largest absolute Gasteiger partial charge is 0.472 e. The SMILES string of the molecule is CC1(O)CC(c2ccc(-c3nc(-c4cnc(-c5ccoc5)s4)sc3-c3ccccc3)cc2)C1. The molecule has 0 spiro atoms. The number of benzene rings is 2. The molecule has 0 atom stereocenters. The fraction of sp³-hybridized carbons (Fsp3) is 0.185. The van der Waals surface area contributed by atoms with Gasteiger partial charge < -0.3 is 9.52 Å². The molecule has 0 unspecified atom stereocenters. The van der Waals surface area contributed by atoms with E-state index >= 15 is 0 Å². The third kappa shape index (κ3) is 3.95. The van der Waals surface area contributed by atoms with E-state index < -0.39 is 5.60 Å². The van der Waals surface area contributed by atoms with Crippen LogP contribution in [-0.4, -0.2) is 20.7 Å². The predicted molar refractivity (Wildman–Crippen MR) is 134 cm³/mol. The second kappa shape index (κ2) is 8.06. The van der Waals surface area contributed by atoms with E-state index in [1.807, 2.05) is 25.3 Å². The Morgan fingerprint density at radius 1 is 0.909 bits per heavy atom. The first-order valence-corrected chi connectivity index (χ1v) is 12.6. The van der Waals surface area contributed by atoms with Gasteiger partial charge in [0, 0.05) is 17.3 Å². The second-order valence-corrected chi connectivity index (χ2v) is 10.9. The van der Waals surface area contributed by atoms with Crippen molar-refractivity contribution in [2.24, 2.45) is 0 Å². The highest BCUT2D eigenvalue weighted by Crippen LogP contribution is 2.46. The number of hydrogen-bond donors (Lipinski definition) is 1. The molecule has 164 valence electrons. The van der Waals surface area contributed by atoms with Crippen molar-refractivity contribution in [1.29, 1.82) is 0 Å². The van der Waals surface area contributed by atoms with Crippen LogP contribution in [0.15, 0.2) is 83.8 Å². The van der Waals surface area contributed by atoms with Crippen molar-refractivity contribution in [1.82, 2.24) is 9.97 Å². The quantitative estimate of drug-likeness (QED) is 0.289. The van der Waals surface area contributed by atoms with Gasteiger partial charge in [-0.15, -0.1) is 22.7 Å². The monoisotopic (exact) mass is 470 g/mol. The number of aromatic nitrogens is 2. The summed E-state index contributed by atoms with van der Waals surface area (Å²) in [5, 5.41) is 12.0. The lowest BCUT2D eigenvalue weighted by Gasteiger charge is -2.41. The molecule has 6 rings (SSSR count). The zero-order chi connectivity index (χ0) is 22.4. The van der Waals surface area contributed by atoms with E-state index in [1.54, 1.807) is 35.2 Å². The van der Waals surface area contributed by atoms with Gasteiger partial charge in [0.15, 0.2) is 0 Å². The smallest absolute Gasteiger partial charge is 0.136 e. The first-order chi connectivity index (χ1) is 16.1. The highest BCUT2D eigenvalue weighted by molar-refractivity contribution is 7.25. The van der Waals surface area contributed by atoms with Crippen LogP contribution in [0.4, 0.5) is 0 Å². The lowest BCUT2D eigenvalue weighted by molar-refractivity contribution is -0.0313. The van der Waals surface area contributed by atoms with Crippen LogP contribution in [0, 0.1) is 0 Å². The molecule has 4 nitrogen and oxygen atoms in total. The second-order valence-electron chi connectivity index (χ2n) is 8.83. The fourth-order valence-electron chi connectivity index (χ4n) is 4.45. The summed E-state index contributed by atoms with van der Waals surface area (Å²) in [7, 11) is 0.